The molecule has 1 N–H and O–H groups in total. The summed E-state index contributed by atoms with van der Waals surface area (Å²) in [6.45, 7) is 1.99. The molecule has 6 rings (SSSR count). The minimum Gasteiger partial charge on any atom is -0.491 e. The topological polar surface area (TPSA) is 83.5 Å². The summed E-state index contributed by atoms with van der Waals surface area (Å²) in [6, 6.07) is 41.4. The summed E-state index contributed by atoms with van der Waals surface area (Å²) in [5.74, 6) is 1.42. The molecule has 0 bridgehead atoms. The quantitative estimate of drug-likeness (QED) is 0.134. The Hall–Kier alpha value is -5.24. The number of rotatable bonds is 12. The predicted molar refractivity (Wildman–Crippen MR) is 185 cm³/mol. The normalized spacial score (nSPS) is 20.6. The highest BCUT2D eigenvalue weighted by atomic mass is 35.5. The van der Waals surface area contributed by atoms with Crippen LogP contribution in [-0.2, 0) is 9.53 Å². The molecule has 0 spiro atoms. The van der Waals surface area contributed by atoms with Gasteiger partial charge in [-0.05, 0) is 90.4 Å². The van der Waals surface area contributed by atoms with Gasteiger partial charge in [0.1, 0.15) is 41.8 Å². The van der Waals surface area contributed by atoms with E-state index in [9.17, 15) is 9.90 Å². The third-order valence-electron chi connectivity index (χ3n) is 7.92. The van der Waals surface area contributed by atoms with E-state index < -0.39 is 36.5 Å². The number of carbonyl (C=O) groups is 1. The predicted octanol–water partition coefficient (Wildman–Crippen LogP) is 8.61. The summed E-state index contributed by atoms with van der Waals surface area (Å²) in [6.07, 6.45) is -1.11. The van der Waals surface area contributed by atoms with Crippen LogP contribution in [0.4, 0.5) is 0 Å². The van der Waals surface area contributed by atoms with Gasteiger partial charge in [0, 0.05) is 11.1 Å². The minimum absolute atomic E-state index is 0.116. The molecule has 0 aliphatic carbocycles. The zero-order valence-corrected chi connectivity index (χ0v) is 27.0. The van der Waals surface area contributed by atoms with Crippen molar-refractivity contribution in [1.82, 2.24) is 0 Å². The summed E-state index contributed by atoms with van der Waals surface area (Å²) in [7, 11) is 0. The second-order valence-electron chi connectivity index (χ2n) is 11.3. The van der Waals surface area contributed by atoms with Crippen LogP contribution in [0.2, 0.25) is 5.02 Å². The Morgan fingerprint density at radius 3 is 1.71 bits per heavy atom. The third kappa shape index (κ3) is 8.18. The average Bonchev–Trinajstić information content (AvgIpc) is 3.10. The molecule has 7 nitrogen and oxygen atoms in total. The Morgan fingerprint density at radius 1 is 0.708 bits per heavy atom. The van der Waals surface area contributed by atoms with Crippen molar-refractivity contribution in [3.63, 3.8) is 0 Å². The van der Waals surface area contributed by atoms with E-state index in [4.69, 9.17) is 35.3 Å². The van der Waals surface area contributed by atoms with Crippen LogP contribution < -0.4 is 18.9 Å². The van der Waals surface area contributed by atoms with E-state index in [0.717, 1.165) is 11.6 Å². The minimum atomic E-state index is -1.08. The van der Waals surface area contributed by atoms with E-state index in [1.807, 2.05) is 128 Å². The van der Waals surface area contributed by atoms with Gasteiger partial charge in [0.25, 0.3) is 0 Å². The van der Waals surface area contributed by atoms with E-state index in [1.165, 1.54) is 0 Å². The first-order valence-electron chi connectivity index (χ1n) is 15.6. The lowest BCUT2D eigenvalue weighted by molar-refractivity contribution is -0.210. The number of hydrogen-bond acceptors (Lipinski definition) is 6. The fraction of sp³-hybridized carbons (Fsp3) is 0.175. The average molecular weight is 663 g/mol. The van der Waals surface area contributed by atoms with Gasteiger partial charge in [0.05, 0.1) is 0 Å². The summed E-state index contributed by atoms with van der Waals surface area (Å²) < 4.78 is 33.6. The van der Waals surface area contributed by atoms with E-state index in [-0.39, 0.29) is 6.61 Å². The maximum atomic E-state index is 11.7. The SMILES string of the molecule is Cc1cc(Cl)cc([C@H]2O[C@H](COc3ccccc3)[C@@H](Oc3ccccc3)[C@H](Oc3ccccc3)[C@@H]2Oc2ccccc2)c1/C=C/C(=O)O. The molecule has 244 valence electrons. The van der Waals surface area contributed by atoms with Crippen molar-refractivity contribution in [2.24, 2.45) is 0 Å². The maximum absolute atomic E-state index is 11.7. The van der Waals surface area contributed by atoms with Crippen LogP contribution in [0.3, 0.4) is 0 Å². The van der Waals surface area contributed by atoms with Gasteiger partial charge in [-0.1, -0.05) is 84.4 Å². The molecule has 0 radical (unpaired) electrons. The first kappa shape index (κ1) is 32.7. The van der Waals surface area contributed by atoms with Crippen molar-refractivity contribution in [3.8, 4) is 23.0 Å². The molecule has 0 aromatic heterocycles. The maximum Gasteiger partial charge on any atom is 0.328 e. The van der Waals surface area contributed by atoms with Crippen molar-refractivity contribution >= 4 is 23.6 Å². The van der Waals surface area contributed by atoms with Crippen LogP contribution in [0.15, 0.2) is 140 Å². The molecule has 1 fully saturated rings. The fourth-order valence-corrected chi connectivity index (χ4v) is 6.05. The van der Waals surface area contributed by atoms with Crippen molar-refractivity contribution in [1.29, 1.82) is 0 Å². The first-order chi connectivity index (χ1) is 23.4. The van der Waals surface area contributed by atoms with E-state index in [2.05, 4.69) is 0 Å². The molecular formula is C40H35ClO7. The van der Waals surface area contributed by atoms with Gasteiger partial charge >= 0.3 is 5.97 Å². The van der Waals surface area contributed by atoms with Gasteiger partial charge in [-0.3, -0.25) is 0 Å². The highest BCUT2D eigenvalue weighted by Crippen LogP contribution is 2.41. The molecule has 1 heterocycles. The number of carboxylic acid groups (broad SMARTS) is 1. The molecule has 0 unspecified atom stereocenters. The standard InChI is InChI=1S/C40H35ClO7/c1-27-24-28(41)25-34(33(27)22-23-36(42)43)37-39(46-31-18-10-4-11-19-31)40(47-32-20-12-5-13-21-32)38(45-30-16-8-3-9-17-30)35(48-37)26-44-29-14-6-2-7-15-29/h2-25,35,37-40H,26H2,1H3,(H,42,43)/b23-22+/t35-,37-,38-,39-,40+/m1/s1. The van der Waals surface area contributed by atoms with Crippen LogP contribution in [-0.4, -0.2) is 42.1 Å². The molecule has 1 aliphatic rings. The summed E-state index contributed by atoms with van der Waals surface area (Å²) in [5.41, 5.74) is 2.07. The lowest BCUT2D eigenvalue weighted by atomic mass is 9.87. The number of carboxylic acids is 1. The smallest absolute Gasteiger partial charge is 0.328 e. The Balaban J connectivity index is 1.51. The number of aryl methyl sites for hydroxylation is 1. The van der Waals surface area contributed by atoms with Crippen LogP contribution in [0.5, 0.6) is 23.0 Å². The highest BCUT2D eigenvalue weighted by molar-refractivity contribution is 6.30. The number of aliphatic carboxylic acids is 1. The Kier molecular flexibility index (Phi) is 10.6. The van der Waals surface area contributed by atoms with Crippen LogP contribution >= 0.6 is 11.6 Å². The summed E-state index contributed by atoms with van der Waals surface area (Å²) in [5, 5.41) is 10.0. The molecule has 0 saturated carbocycles. The van der Waals surface area contributed by atoms with Crippen molar-refractivity contribution < 1.29 is 33.6 Å². The van der Waals surface area contributed by atoms with Crippen molar-refractivity contribution in [2.75, 3.05) is 6.61 Å². The first-order valence-corrected chi connectivity index (χ1v) is 16.0. The Labute approximate surface area is 284 Å². The van der Waals surface area contributed by atoms with E-state index in [1.54, 1.807) is 18.2 Å². The number of para-hydroxylation sites is 4. The zero-order valence-electron chi connectivity index (χ0n) is 26.2. The van der Waals surface area contributed by atoms with Crippen LogP contribution in [0, 0.1) is 6.92 Å². The molecular weight excluding hydrogens is 628 g/mol. The molecule has 48 heavy (non-hydrogen) atoms. The second-order valence-corrected chi connectivity index (χ2v) is 11.7. The summed E-state index contributed by atoms with van der Waals surface area (Å²) >= 11 is 6.67. The summed E-state index contributed by atoms with van der Waals surface area (Å²) in [4.78, 5) is 11.7. The van der Waals surface area contributed by atoms with E-state index in [0.29, 0.717) is 39.1 Å². The van der Waals surface area contributed by atoms with Gasteiger partial charge in [0.15, 0.2) is 18.3 Å². The number of benzene rings is 5. The largest absolute Gasteiger partial charge is 0.491 e. The third-order valence-corrected chi connectivity index (χ3v) is 8.14. The van der Waals surface area contributed by atoms with Gasteiger partial charge in [0.2, 0.25) is 0 Å². The molecule has 1 saturated heterocycles. The van der Waals surface area contributed by atoms with Crippen molar-refractivity contribution in [3.05, 3.63) is 161 Å². The zero-order chi connectivity index (χ0) is 33.3. The van der Waals surface area contributed by atoms with Gasteiger partial charge < -0.3 is 28.8 Å². The Bertz CT molecular complexity index is 1800. The lowest BCUT2D eigenvalue weighted by Crippen LogP contribution is -2.62. The van der Waals surface area contributed by atoms with E-state index >= 15 is 0 Å². The molecule has 1 aliphatic heterocycles. The molecule has 0 amide bonds. The number of hydrogen-bond donors (Lipinski definition) is 1. The Morgan fingerprint density at radius 2 is 1.19 bits per heavy atom. The molecule has 5 atom stereocenters. The van der Waals surface area contributed by atoms with Gasteiger partial charge in [-0.25, -0.2) is 4.79 Å². The number of ether oxygens (including phenoxy) is 5. The van der Waals surface area contributed by atoms with Crippen LogP contribution in [0.25, 0.3) is 6.08 Å². The van der Waals surface area contributed by atoms with Gasteiger partial charge in [-0.2, -0.15) is 0 Å². The molecule has 5 aromatic carbocycles. The number of halogens is 1. The lowest BCUT2D eigenvalue weighted by Gasteiger charge is -2.46. The monoisotopic (exact) mass is 662 g/mol. The van der Waals surface area contributed by atoms with Gasteiger partial charge in [-0.15, -0.1) is 0 Å². The van der Waals surface area contributed by atoms with Crippen molar-refractivity contribution in [2.45, 2.75) is 37.4 Å². The molecule has 8 heteroatoms. The molecule has 5 aromatic rings. The van der Waals surface area contributed by atoms with Crippen LogP contribution in [0.1, 0.15) is 22.8 Å². The highest BCUT2D eigenvalue weighted by Gasteiger charge is 2.52. The fourth-order valence-electron chi connectivity index (χ4n) is 5.77. The second kappa shape index (κ2) is 15.6.